The van der Waals surface area contributed by atoms with E-state index in [1.165, 1.54) is 26.0 Å². The SMILES string of the molecule is CC(C)(F)c1nc(N)nc(Nc2ccccc2Oc2cccc(F)c2)n1. The van der Waals surface area contributed by atoms with Crippen molar-refractivity contribution in [2.24, 2.45) is 0 Å². The summed E-state index contributed by atoms with van der Waals surface area (Å²) in [6.45, 7) is 2.65. The van der Waals surface area contributed by atoms with Crippen molar-refractivity contribution in [1.29, 1.82) is 0 Å². The average Bonchev–Trinajstić information content (AvgIpc) is 2.55. The van der Waals surface area contributed by atoms with Gasteiger partial charge in [0.05, 0.1) is 5.69 Å². The summed E-state index contributed by atoms with van der Waals surface area (Å²) in [5, 5.41) is 2.93. The van der Waals surface area contributed by atoms with Crippen LogP contribution in [-0.4, -0.2) is 15.0 Å². The number of nitrogen functional groups attached to an aromatic ring is 1. The van der Waals surface area contributed by atoms with E-state index in [2.05, 4.69) is 20.3 Å². The Morgan fingerprint density at radius 2 is 1.81 bits per heavy atom. The van der Waals surface area contributed by atoms with E-state index >= 15 is 0 Å². The highest BCUT2D eigenvalue weighted by molar-refractivity contribution is 5.63. The van der Waals surface area contributed by atoms with Gasteiger partial charge in [0.15, 0.2) is 17.2 Å². The number of nitrogens with zero attached hydrogens (tertiary/aromatic N) is 3. The number of benzene rings is 2. The number of hydrogen-bond donors (Lipinski definition) is 2. The first-order valence-electron chi connectivity index (χ1n) is 7.82. The van der Waals surface area contributed by atoms with Gasteiger partial charge in [-0.25, -0.2) is 8.78 Å². The van der Waals surface area contributed by atoms with Crippen molar-refractivity contribution in [2.75, 3.05) is 11.1 Å². The number of para-hydroxylation sites is 2. The molecule has 0 radical (unpaired) electrons. The molecule has 26 heavy (non-hydrogen) atoms. The summed E-state index contributed by atoms with van der Waals surface area (Å²) in [5.74, 6) is 0.224. The minimum Gasteiger partial charge on any atom is -0.455 e. The molecule has 0 aliphatic heterocycles. The van der Waals surface area contributed by atoms with Gasteiger partial charge in [-0.1, -0.05) is 18.2 Å². The number of nitrogens with one attached hydrogen (secondary N) is 1. The first-order valence-corrected chi connectivity index (χ1v) is 7.82. The van der Waals surface area contributed by atoms with Crippen molar-refractivity contribution in [1.82, 2.24) is 15.0 Å². The molecule has 8 heteroatoms. The normalized spacial score (nSPS) is 11.2. The van der Waals surface area contributed by atoms with Gasteiger partial charge < -0.3 is 15.8 Å². The molecule has 1 aromatic heterocycles. The molecule has 6 nitrogen and oxygen atoms in total. The molecule has 0 saturated carbocycles. The lowest BCUT2D eigenvalue weighted by Crippen LogP contribution is -2.17. The van der Waals surface area contributed by atoms with Crippen molar-refractivity contribution in [3.8, 4) is 11.5 Å². The van der Waals surface area contributed by atoms with E-state index in [-0.39, 0.29) is 17.7 Å². The van der Waals surface area contributed by atoms with Gasteiger partial charge in [-0.3, -0.25) is 0 Å². The van der Waals surface area contributed by atoms with Gasteiger partial charge >= 0.3 is 0 Å². The van der Waals surface area contributed by atoms with Crippen molar-refractivity contribution in [2.45, 2.75) is 19.5 Å². The van der Waals surface area contributed by atoms with Crippen LogP contribution in [0.2, 0.25) is 0 Å². The molecular weight excluding hydrogens is 340 g/mol. The molecular formula is C18H17F2N5O. The van der Waals surface area contributed by atoms with Gasteiger partial charge in [0, 0.05) is 6.07 Å². The Balaban J connectivity index is 1.91. The van der Waals surface area contributed by atoms with Crippen LogP contribution >= 0.6 is 0 Å². The molecule has 134 valence electrons. The Kier molecular flexibility index (Phi) is 4.66. The van der Waals surface area contributed by atoms with E-state index in [9.17, 15) is 8.78 Å². The largest absolute Gasteiger partial charge is 0.455 e. The fourth-order valence-corrected chi connectivity index (χ4v) is 2.15. The Morgan fingerprint density at radius 1 is 1.04 bits per heavy atom. The molecule has 0 saturated heterocycles. The quantitative estimate of drug-likeness (QED) is 0.707. The lowest BCUT2D eigenvalue weighted by Gasteiger charge is -2.15. The lowest BCUT2D eigenvalue weighted by atomic mass is 10.1. The number of alkyl halides is 1. The smallest absolute Gasteiger partial charge is 0.232 e. The van der Waals surface area contributed by atoms with Crippen molar-refractivity contribution in [3.63, 3.8) is 0 Å². The third-order valence-electron chi connectivity index (χ3n) is 3.34. The summed E-state index contributed by atoms with van der Waals surface area (Å²) < 4.78 is 33.2. The fraction of sp³-hybridized carbons (Fsp3) is 0.167. The predicted molar refractivity (Wildman–Crippen MR) is 94.6 cm³/mol. The third kappa shape index (κ3) is 4.21. The molecule has 1 heterocycles. The zero-order chi connectivity index (χ0) is 18.7. The van der Waals surface area contributed by atoms with Crippen LogP contribution in [0.3, 0.4) is 0 Å². The highest BCUT2D eigenvalue weighted by Crippen LogP contribution is 2.31. The van der Waals surface area contributed by atoms with E-state index in [4.69, 9.17) is 10.5 Å². The molecule has 0 aliphatic rings. The van der Waals surface area contributed by atoms with E-state index in [0.717, 1.165) is 0 Å². The fourth-order valence-electron chi connectivity index (χ4n) is 2.15. The average molecular weight is 357 g/mol. The van der Waals surface area contributed by atoms with E-state index in [1.807, 2.05) is 0 Å². The zero-order valence-electron chi connectivity index (χ0n) is 14.2. The summed E-state index contributed by atoms with van der Waals surface area (Å²) in [6.07, 6.45) is 0. The second-order valence-corrected chi connectivity index (χ2v) is 5.99. The van der Waals surface area contributed by atoms with Crippen LogP contribution in [0, 0.1) is 5.82 Å². The minimum atomic E-state index is -1.77. The molecule has 3 rings (SSSR count). The van der Waals surface area contributed by atoms with Crippen molar-refractivity contribution < 1.29 is 13.5 Å². The summed E-state index contributed by atoms with van der Waals surface area (Å²) in [4.78, 5) is 11.8. The Morgan fingerprint density at radius 3 is 2.54 bits per heavy atom. The second-order valence-electron chi connectivity index (χ2n) is 5.99. The topological polar surface area (TPSA) is 86.0 Å². The number of hydrogen-bond acceptors (Lipinski definition) is 6. The summed E-state index contributed by atoms with van der Waals surface area (Å²) in [5.41, 5.74) is 4.38. The number of ether oxygens (including phenoxy) is 1. The minimum absolute atomic E-state index is 0.0773. The molecule has 0 spiro atoms. The van der Waals surface area contributed by atoms with Crippen LogP contribution in [0.4, 0.5) is 26.4 Å². The monoisotopic (exact) mass is 357 g/mol. The predicted octanol–water partition coefficient (Wildman–Crippen LogP) is 4.33. The Hall–Kier alpha value is -3.29. The standard InChI is InChI=1S/C18H17F2N5O/c1-18(2,20)15-23-16(21)25-17(24-15)22-13-8-3-4-9-14(13)26-12-7-5-6-11(19)10-12/h3-10H,1-2H3,(H3,21,22,23,24,25). The van der Waals surface area contributed by atoms with Crippen LogP contribution < -0.4 is 15.8 Å². The zero-order valence-corrected chi connectivity index (χ0v) is 14.2. The number of nitrogens with two attached hydrogens (primary N) is 1. The molecule has 0 aliphatic carbocycles. The van der Waals surface area contributed by atoms with Gasteiger partial charge in [0.1, 0.15) is 11.6 Å². The van der Waals surface area contributed by atoms with Gasteiger partial charge in [-0.15, -0.1) is 0 Å². The number of halogens is 2. The maximum Gasteiger partial charge on any atom is 0.232 e. The Bertz CT molecular complexity index is 927. The van der Waals surface area contributed by atoms with Crippen molar-refractivity contribution in [3.05, 3.63) is 60.2 Å². The molecule has 3 aromatic rings. The maximum absolute atomic E-state index is 14.1. The molecule has 3 N–H and O–H groups in total. The first-order chi connectivity index (χ1) is 12.3. The van der Waals surface area contributed by atoms with Crippen LogP contribution in [-0.2, 0) is 5.67 Å². The van der Waals surface area contributed by atoms with Gasteiger partial charge in [-0.2, -0.15) is 15.0 Å². The second kappa shape index (κ2) is 6.91. The first kappa shape index (κ1) is 17.5. The number of aromatic nitrogens is 3. The van der Waals surface area contributed by atoms with E-state index in [1.54, 1.807) is 36.4 Å². The number of anilines is 3. The van der Waals surface area contributed by atoms with Crippen LogP contribution in [0.5, 0.6) is 11.5 Å². The van der Waals surface area contributed by atoms with E-state index in [0.29, 0.717) is 17.2 Å². The van der Waals surface area contributed by atoms with Gasteiger partial charge in [0.2, 0.25) is 11.9 Å². The summed E-state index contributed by atoms with van der Waals surface area (Å²) >= 11 is 0. The maximum atomic E-state index is 14.1. The summed E-state index contributed by atoms with van der Waals surface area (Å²) in [7, 11) is 0. The van der Waals surface area contributed by atoms with Crippen molar-refractivity contribution >= 4 is 17.6 Å². The number of rotatable bonds is 5. The Labute approximate surface area is 149 Å². The highest BCUT2D eigenvalue weighted by Gasteiger charge is 2.24. The third-order valence-corrected chi connectivity index (χ3v) is 3.34. The van der Waals surface area contributed by atoms with Gasteiger partial charge in [0.25, 0.3) is 0 Å². The molecule has 0 atom stereocenters. The highest BCUT2D eigenvalue weighted by atomic mass is 19.1. The lowest BCUT2D eigenvalue weighted by molar-refractivity contribution is 0.206. The van der Waals surface area contributed by atoms with Crippen LogP contribution in [0.1, 0.15) is 19.7 Å². The summed E-state index contributed by atoms with van der Waals surface area (Å²) in [6, 6.07) is 12.7. The van der Waals surface area contributed by atoms with E-state index < -0.39 is 11.5 Å². The molecule has 0 unspecified atom stereocenters. The van der Waals surface area contributed by atoms with Crippen LogP contribution in [0.15, 0.2) is 48.5 Å². The molecule has 2 aromatic carbocycles. The van der Waals surface area contributed by atoms with Gasteiger partial charge in [-0.05, 0) is 38.1 Å². The van der Waals surface area contributed by atoms with Crippen LogP contribution in [0.25, 0.3) is 0 Å². The molecule has 0 amide bonds. The molecule has 0 bridgehead atoms. The molecule has 0 fully saturated rings.